The first-order chi connectivity index (χ1) is 12.6. The van der Waals surface area contributed by atoms with Crippen LogP contribution in [0.1, 0.15) is 32.7 Å². The van der Waals surface area contributed by atoms with Gasteiger partial charge in [0.05, 0.1) is 5.69 Å². The Morgan fingerprint density at radius 3 is 2.62 bits per heavy atom. The average molecular weight is 343 g/mol. The van der Waals surface area contributed by atoms with E-state index in [0.717, 1.165) is 40.2 Å². The summed E-state index contributed by atoms with van der Waals surface area (Å²) in [5, 5.41) is 0. The molecule has 0 N–H and O–H groups in total. The van der Waals surface area contributed by atoms with Gasteiger partial charge in [0.15, 0.2) is 5.82 Å². The molecule has 0 saturated heterocycles. The Hall–Kier alpha value is -3.01. The van der Waals surface area contributed by atoms with Gasteiger partial charge < -0.3 is 4.90 Å². The quantitative estimate of drug-likeness (QED) is 0.707. The van der Waals surface area contributed by atoms with Gasteiger partial charge in [0.1, 0.15) is 0 Å². The van der Waals surface area contributed by atoms with E-state index < -0.39 is 0 Å². The largest absolute Gasteiger partial charge is 0.334 e. The number of hydrogen-bond donors (Lipinski definition) is 0. The van der Waals surface area contributed by atoms with Crippen molar-refractivity contribution in [3.05, 3.63) is 82.7 Å². The molecule has 0 unspecified atom stereocenters. The van der Waals surface area contributed by atoms with Crippen molar-refractivity contribution in [1.29, 1.82) is 0 Å². The van der Waals surface area contributed by atoms with Crippen molar-refractivity contribution in [2.45, 2.75) is 26.8 Å². The number of benzene rings is 2. The third kappa shape index (κ3) is 3.10. The van der Waals surface area contributed by atoms with E-state index in [1.165, 1.54) is 5.56 Å². The van der Waals surface area contributed by atoms with Gasteiger partial charge >= 0.3 is 0 Å². The average Bonchev–Trinajstić information content (AvgIpc) is 2.69. The van der Waals surface area contributed by atoms with E-state index in [9.17, 15) is 4.79 Å². The number of aryl methyl sites for hydroxylation is 2. The van der Waals surface area contributed by atoms with E-state index >= 15 is 0 Å². The molecule has 0 atom stereocenters. The van der Waals surface area contributed by atoms with Crippen LogP contribution in [0, 0.1) is 13.8 Å². The molecule has 3 aromatic rings. The van der Waals surface area contributed by atoms with E-state index in [-0.39, 0.29) is 5.91 Å². The summed E-state index contributed by atoms with van der Waals surface area (Å²) in [7, 11) is 0. The summed E-state index contributed by atoms with van der Waals surface area (Å²) in [4.78, 5) is 24.0. The normalized spacial score (nSPS) is 13.4. The topological polar surface area (TPSA) is 46.1 Å². The van der Waals surface area contributed by atoms with Crippen molar-refractivity contribution >= 4 is 5.91 Å². The lowest BCUT2D eigenvalue weighted by molar-refractivity contribution is 0.0733. The molecule has 130 valence electrons. The number of amides is 1. The lowest BCUT2D eigenvalue weighted by Gasteiger charge is -2.28. The predicted octanol–water partition coefficient (Wildman–Crippen LogP) is 3.96. The minimum absolute atomic E-state index is 0.0749. The molecule has 1 aromatic heterocycles. The fourth-order valence-corrected chi connectivity index (χ4v) is 3.27. The van der Waals surface area contributed by atoms with Gasteiger partial charge in [-0.1, -0.05) is 36.4 Å². The molecule has 26 heavy (non-hydrogen) atoms. The number of rotatable bonds is 2. The Kier molecular flexibility index (Phi) is 4.25. The van der Waals surface area contributed by atoms with Gasteiger partial charge in [-0.15, -0.1) is 0 Å². The SMILES string of the molecule is Cc1ccc(C(=O)N2CCc3nc(-c4ccccc4)ncc3C2)cc1C. The van der Waals surface area contributed by atoms with Gasteiger partial charge in [0.25, 0.3) is 5.91 Å². The summed E-state index contributed by atoms with van der Waals surface area (Å²) >= 11 is 0. The van der Waals surface area contributed by atoms with Crippen molar-refractivity contribution in [3.63, 3.8) is 0 Å². The maximum Gasteiger partial charge on any atom is 0.254 e. The number of aromatic nitrogens is 2. The number of nitrogens with zero attached hydrogens (tertiary/aromatic N) is 3. The zero-order valence-electron chi connectivity index (χ0n) is 15.1. The van der Waals surface area contributed by atoms with E-state index in [0.29, 0.717) is 13.1 Å². The van der Waals surface area contributed by atoms with Gasteiger partial charge in [-0.2, -0.15) is 0 Å². The van der Waals surface area contributed by atoms with Gasteiger partial charge in [-0.3, -0.25) is 4.79 Å². The molecular weight excluding hydrogens is 322 g/mol. The molecule has 1 aliphatic rings. The van der Waals surface area contributed by atoms with Crippen molar-refractivity contribution in [2.75, 3.05) is 6.54 Å². The van der Waals surface area contributed by atoms with E-state index in [2.05, 4.69) is 11.9 Å². The van der Waals surface area contributed by atoms with E-state index in [4.69, 9.17) is 4.98 Å². The fraction of sp³-hybridized carbons (Fsp3) is 0.227. The zero-order chi connectivity index (χ0) is 18.1. The van der Waals surface area contributed by atoms with Crippen molar-refractivity contribution in [3.8, 4) is 11.4 Å². The highest BCUT2D eigenvalue weighted by Crippen LogP contribution is 2.22. The van der Waals surface area contributed by atoms with E-state index in [1.54, 1.807) is 0 Å². The monoisotopic (exact) mass is 343 g/mol. The van der Waals surface area contributed by atoms with Crippen LogP contribution in [0.15, 0.2) is 54.7 Å². The summed E-state index contributed by atoms with van der Waals surface area (Å²) in [5.74, 6) is 0.823. The molecule has 1 aliphatic heterocycles. The number of fused-ring (bicyclic) bond motifs is 1. The number of carbonyl (C=O) groups is 1. The second kappa shape index (κ2) is 6.71. The Morgan fingerprint density at radius 2 is 1.85 bits per heavy atom. The van der Waals surface area contributed by atoms with Crippen LogP contribution >= 0.6 is 0 Å². The van der Waals surface area contributed by atoms with Crippen molar-refractivity contribution < 1.29 is 4.79 Å². The molecule has 0 fully saturated rings. The van der Waals surface area contributed by atoms with Crippen LogP contribution < -0.4 is 0 Å². The molecule has 0 saturated carbocycles. The van der Waals surface area contributed by atoms with Crippen LogP contribution in [0.25, 0.3) is 11.4 Å². The zero-order valence-corrected chi connectivity index (χ0v) is 15.1. The number of carbonyl (C=O) groups excluding carboxylic acids is 1. The van der Waals surface area contributed by atoms with Crippen molar-refractivity contribution in [2.24, 2.45) is 0 Å². The lowest BCUT2D eigenvalue weighted by Crippen LogP contribution is -2.36. The fourth-order valence-electron chi connectivity index (χ4n) is 3.27. The third-order valence-electron chi connectivity index (χ3n) is 5.01. The van der Waals surface area contributed by atoms with E-state index in [1.807, 2.05) is 66.6 Å². The second-order valence-corrected chi connectivity index (χ2v) is 6.81. The molecule has 2 heterocycles. The van der Waals surface area contributed by atoms with Gasteiger partial charge in [-0.25, -0.2) is 9.97 Å². The predicted molar refractivity (Wildman–Crippen MR) is 102 cm³/mol. The van der Waals surface area contributed by atoms with Crippen LogP contribution in [-0.4, -0.2) is 27.3 Å². The van der Waals surface area contributed by atoms with Crippen LogP contribution in [0.3, 0.4) is 0 Å². The third-order valence-corrected chi connectivity index (χ3v) is 5.01. The Balaban J connectivity index is 1.56. The molecule has 4 heteroatoms. The standard InChI is InChI=1S/C22H21N3O/c1-15-8-9-18(12-16(15)2)22(26)25-11-10-20-19(14-25)13-23-21(24-20)17-6-4-3-5-7-17/h3-9,12-13H,10-11,14H2,1-2H3. The molecule has 0 radical (unpaired) electrons. The Labute approximate surface area is 153 Å². The maximum absolute atomic E-state index is 12.8. The summed E-state index contributed by atoms with van der Waals surface area (Å²) in [6.45, 7) is 5.35. The summed E-state index contributed by atoms with van der Waals surface area (Å²) in [6, 6.07) is 15.9. The Bertz CT molecular complexity index is 966. The molecule has 0 spiro atoms. The van der Waals surface area contributed by atoms with Crippen molar-refractivity contribution in [1.82, 2.24) is 14.9 Å². The lowest BCUT2D eigenvalue weighted by atomic mass is 10.0. The Morgan fingerprint density at radius 1 is 1.04 bits per heavy atom. The maximum atomic E-state index is 12.8. The molecule has 2 aromatic carbocycles. The second-order valence-electron chi connectivity index (χ2n) is 6.81. The first-order valence-corrected chi connectivity index (χ1v) is 8.88. The van der Waals surface area contributed by atoms with Gasteiger partial charge in [0.2, 0.25) is 0 Å². The minimum Gasteiger partial charge on any atom is -0.334 e. The summed E-state index contributed by atoms with van der Waals surface area (Å²) in [5.41, 5.74) is 6.19. The highest BCUT2D eigenvalue weighted by Gasteiger charge is 2.23. The highest BCUT2D eigenvalue weighted by molar-refractivity contribution is 5.94. The number of hydrogen-bond acceptors (Lipinski definition) is 3. The molecule has 0 aliphatic carbocycles. The van der Waals surface area contributed by atoms with Crippen LogP contribution in [-0.2, 0) is 13.0 Å². The summed E-state index contributed by atoms with van der Waals surface area (Å²) in [6.07, 6.45) is 2.62. The summed E-state index contributed by atoms with van der Waals surface area (Å²) < 4.78 is 0. The van der Waals surface area contributed by atoms with Crippen LogP contribution in [0.5, 0.6) is 0 Å². The first-order valence-electron chi connectivity index (χ1n) is 8.88. The smallest absolute Gasteiger partial charge is 0.254 e. The molecule has 0 bridgehead atoms. The van der Waals surface area contributed by atoms with Crippen LogP contribution in [0.4, 0.5) is 0 Å². The first kappa shape index (κ1) is 16.5. The molecular formula is C22H21N3O. The van der Waals surface area contributed by atoms with Gasteiger partial charge in [0, 0.05) is 42.4 Å². The molecule has 1 amide bonds. The minimum atomic E-state index is 0.0749. The highest BCUT2D eigenvalue weighted by atomic mass is 16.2. The molecule has 4 rings (SSSR count). The van der Waals surface area contributed by atoms with Crippen LogP contribution in [0.2, 0.25) is 0 Å². The van der Waals surface area contributed by atoms with Gasteiger partial charge in [-0.05, 0) is 37.1 Å². The molecule has 4 nitrogen and oxygen atoms in total.